The van der Waals surface area contributed by atoms with Crippen molar-refractivity contribution in [3.8, 4) is 0 Å². The Hall–Kier alpha value is -1.05. The first-order valence-electron chi connectivity index (χ1n) is 5.61. The van der Waals surface area contributed by atoms with Crippen LogP contribution in [-0.2, 0) is 6.42 Å². The van der Waals surface area contributed by atoms with Crippen molar-refractivity contribution < 1.29 is 4.79 Å². The molecule has 3 rings (SSSR count). The summed E-state index contributed by atoms with van der Waals surface area (Å²) in [7, 11) is 0. The largest absolute Gasteiger partial charge is 0.312 e. The molecule has 0 saturated carbocycles. The van der Waals surface area contributed by atoms with Crippen LogP contribution in [0.25, 0.3) is 0 Å². The van der Waals surface area contributed by atoms with Gasteiger partial charge in [-0.25, -0.2) is 4.68 Å². The summed E-state index contributed by atoms with van der Waals surface area (Å²) >= 11 is 4.95. The van der Waals surface area contributed by atoms with E-state index in [1.807, 2.05) is 11.4 Å². The Morgan fingerprint density at radius 1 is 1.61 bits per heavy atom. The molecule has 2 aromatic rings. The molecule has 5 nitrogen and oxygen atoms in total. The first-order chi connectivity index (χ1) is 8.72. The van der Waals surface area contributed by atoms with Crippen molar-refractivity contribution in [2.45, 2.75) is 12.5 Å². The van der Waals surface area contributed by atoms with Gasteiger partial charge in [-0.2, -0.15) is 0 Å². The van der Waals surface area contributed by atoms with Gasteiger partial charge in [-0.1, -0.05) is 5.21 Å². The molecule has 1 fully saturated rings. The monoisotopic (exact) mass is 326 g/mol. The molecule has 1 aliphatic heterocycles. The zero-order chi connectivity index (χ0) is 12.5. The van der Waals surface area contributed by atoms with Crippen molar-refractivity contribution in [2.75, 3.05) is 13.1 Å². The van der Waals surface area contributed by atoms with E-state index in [0.717, 1.165) is 22.4 Å². The Morgan fingerprint density at radius 2 is 2.44 bits per heavy atom. The number of aromatic nitrogens is 3. The van der Waals surface area contributed by atoms with Crippen molar-refractivity contribution in [3.05, 3.63) is 32.7 Å². The number of ketones is 1. The van der Waals surface area contributed by atoms with E-state index in [-0.39, 0.29) is 5.78 Å². The van der Waals surface area contributed by atoms with Gasteiger partial charge in [0.25, 0.3) is 0 Å². The second-order valence-corrected chi connectivity index (χ2v) is 6.14. The zero-order valence-electron chi connectivity index (χ0n) is 9.47. The standard InChI is InChI=1S/C11H11BrN4OS/c12-7-1-9(18-6-7)2-11(17)10-5-16(15-14-10)8-3-13-4-8/h1,5-6,8,13H,2-4H2. The number of nitrogens with zero attached hydrogens (tertiary/aromatic N) is 3. The third kappa shape index (κ3) is 2.38. The van der Waals surface area contributed by atoms with E-state index in [2.05, 4.69) is 31.6 Å². The zero-order valence-corrected chi connectivity index (χ0v) is 11.9. The van der Waals surface area contributed by atoms with Gasteiger partial charge in [0.05, 0.1) is 12.2 Å². The number of carbonyl (C=O) groups excluding carboxylic acids is 1. The molecule has 0 aliphatic carbocycles. The van der Waals surface area contributed by atoms with Gasteiger partial charge in [-0.3, -0.25) is 4.79 Å². The lowest BCUT2D eigenvalue weighted by Gasteiger charge is -2.26. The molecule has 1 N–H and O–H groups in total. The highest BCUT2D eigenvalue weighted by Gasteiger charge is 2.21. The van der Waals surface area contributed by atoms with Crippen LogP contribution in [0.15, 0.2) is 22.1 Å². The molecule has 0 bridgehead atoms. The van der Waals surface area contributed by atoms with Crippen molar-refractivity contribution in [1.29, 1.82) is 0 Å². The van der Waals surface area contributed by atoms with Gasteiger partial charge in [-0.15, -0.1) is 16.4 Å². The number of halogens is 1. The Kier molecular flexibility index (Phi) is 3.27. The second kappa shape index (κ2) is 4.91. The van der Waals surface area contributed by atoms with Gasteiger partial charge in [0.15, 0.2) is 5.78 Å². The molecule has 3 heterocycles. The Labute approximate surface area is 116 Å². The third-order valence-corrected chi connectivity index (χ3v) is 4.58. The summed E-state index contributed by atoms with van der Waals surface area (Å²) in [6.07, 6.45) is 2.13. The minimum Gasteiger partial charge on any atom is -0.312 e. The molecule has 0 atom stereocenters. The number of nitrogens with one attached hydrogen (secondary N) is 1. The summed E-state index contributed by atoms with van der Waals surface area (Å²) in [4.78, 5) is 13.1. The van der Waals surface area contributed by atoms with E-state index < -0.39 is 0 Å². The van der Waals surface area contributed by atoms with Gasteiger partial charge < -0.3 is 5.32 Å². The lowest BCUT2D eigenvalue weighted by Crippen LogP contribution is -2.43. The molecule has 0 aromatic carbocycles. The van der Waals surface area contributed by atoms with Crippen LogP contribution >= 0.6 is 27.3 Å². The number of hydrogen-bond acceptors (Lipinski definition) is 5. The summed E-state index contributed by atoms with van der Waals surface area (Å²) in [5, 5.41) is 13.1. The maximum atomic E-state index is 12.0. The fourth-order valence-corrected chi connectivity index (χ4v) is 3.19. The van der Waals surface area contributed by atoms with Gasteiger partial charge in [0, 0.05) is 34.2 Å². The SMILES string of the molecule is O=C(Cc1cc(Br)cs1)c1cn(C2CNC2)nn1. The number of carbonyl (C=O) groups is 1. The molecule has 0 amide bonds. The van der Waals surface area contributed by atoms with Crippen LogP contribution in [0.5, 0.6) is 0 Å². The lowest BCUT2D eigenvalue weighted by molar-refractivity contribution is 0.0989. The van der Waals surface area contributed by atoms with Crippen molar-refractivity contribution in [2.24, 2.45) is 0 Å². The Bertz CT molecular complexity index is 575. The molecular formula is C11H11BrN4OS. The molecule has 1 saturated heterocycles. The summed E-state index contributed by atoms with van der Waals surface area (Å²) in [5.74, 6) is 0.0166. The van der Waals surface area contributed by atoms with E-state index in [4.69, 9.17) is 0 Å². The minimum atomic E-state index is 0.0166. The van der Waals surface area contributed by atoms with E-state index in [9.17, 15) is 4.79 Å². The van der Waals surface area contributed by atoms with Crippen LogP contribution in [0.1, 0.15) is 21.4 Å². The first kappa shape index (κ1) is 12.0. The van der Waals surface area contributed by atoms with Crippen LogP contribution in [0.2, 0.25) is 0 Å². The van der Waals surface area contributed by atoms with E-state index in [1.165, 1.54) is 0 Å². The van der Waals surface area contributed by atoms with Gasteiger partial charge in [0.2, 0.25) is 0 Å². The number of thiophene rings is 1. The number of rotatable bonds is 4. The third-order valence-electron chi connectivity index (χ3n) is 2.89. The molecule has 18 heavy (non-hydrogen) atoms. The smallest absolute Gasteiger partial charge is 0.189 e. The molecule has 0 spiro atoms. The number of Topliss-reactive ketones (excluding diaryl/α,β-unsaturated/α-hetero) is 1. The predicted octanol–water partition coefficient (Wildman–Crippen LogP) is 1.67. The van der Waals surface area contributed by atoms with Gasteiger partial charge in [-0.05, 0) is 22.0 Å². The minimum absolute atomic E-state index is 0.0166. The summed E-state index contributed by atoms with van der Waals surface area (Å²) in [6.45, 7) is 1.80. The predicted molar refractivity (Wildman–Crippen MR) is 72.0 cm³/mol. The quantitative estimate of drug-likeness (QED) is 0.868. The molecule has 0 unspecified atom stereocenters. The summed E-state index contributed by atoms with van der Waals surface area (Å²) < 4.78 is 2.79. The average Bonchev–Trinajstić information content (AvgIpc) is 2.86. The molecule has 7 heteroatoms. The number of hydrogen-bond donors (Lipinski definition) is 1. The van der Waals surface area contributed by atoms with Crippen LogP contribution < -0.4 is 5.32 Å². The second-order valence-electron chi connectivity index (χ2n) is 4.23. The van der Waals surface area contributed by atoms with Crippen LogP contribution in [0, 0.1) is 0 Å². The molecule has 2 aromatic heterocycles. The maximum absolute atomic E-state index is 12.0. The topological polar surface area (TPSA) is 59.8 Å². The van der Waals surface area contributed by atoms with Crippen LogP contribution in [0.4, 0.5) is 0 Å². The lowest BCUT2D eigenvalue weighted by atomic mass is 10.2. The van der Waals surface area contributed by atoms with Crippen molar-refractivity contribution >= 4 is 33.0 Å². The highest BCUT2D eigenvalue weighted by Crippen LogP contribution is 2.21. The average molecular weight is 327 g/mol. The van der Waals surface area contributed by atoms with E-state index >= 15 is 0 Å². The van der Waals surface area contributed by atoms with Crippen molar-refractivity contribution in [3.63, 3.8) is 0 Å². The normalized spacial score (nSPS) is 15.6. The Balaban J connectivity index is 1.70. The fourth-order valence-electron chi connectivity index (χ4n) is 1.74. The van der Waals surface area contributed by atoms with E-state index in [1.54, 1.807) is 22.2 Å². The van der Waals surface area contributed by atoms with Crippen LogP contribution in [-0.4, -0.2) is 33.9 Å². The molecule has 1 aliphatic rings. The maximum Gasteiger partial charge on any atom is 0.189 e. The highest BCUT2D eigenvalue weighted by atomic mass is 79.9. The summed E-state index contributed by atoms with van der Waals surface area (Å²) in [6, 6.07) is 2.30. The molecule has 0 radical (unpaired) electrons. The van der Waals surface area contributed by atoms with Gasteiger partial charge >= 0.3 is 0 Å². The summed E-state index contributed by atoms with van der Waals surface area (Å²) in [5.41, 5.74) is 0.450. The molecular weight excluding hydrogens is 316 g/mol. The fraction of sp³-hybridized carbons (Fsp3) is 0.364. The Morgan fingerprint density at radius 3 is 3.06 bits per heavy atom. The van der Waals surface area contributed by atoms with Crippen molar-refractivity contribution in [1.82, 2.24) is 20.3 Å². The highest BCUT2D eigenvalue weighted by molar-refractivity contribution is 9.10. The van der Waals surface area contributed by atoms with Gasteiger partial charge in [0.1, 0.15) is 5.69 Å². The first-order valence-corrected chi connectivity index (χ1v) is 7.28. The molecule has 94 valence electrons. The van der Waals surface area contributed by atoms with Crippen LogP contribution in [0.3, 0.4) is 0 Å². The van der Waals surface area contributed by atoms with E-state index in [0.29, 0.717) is 18.2 Å².